The second-order valence-corrected chi connectivity index (χ2v) is 6.01. The summed E-state index contributed by atoms with van der Waals surface area (Å²) in [6, 6.07) is 14.6. The van der Waals surface area contributed by atoms with Gasteiger partial charge in [-0.05, 0) is 16.8 Å². The number of hydrazine groups is 1. The van der Waals surface area contributed by atoms with Gasteiger partial charge >= 0.3 is 0 Å². The van der Waals surface area contributed by atoms with E-state index in [1.807, 2.05) is 23.9 Å². The summed E-state index contributed by atoms with van der Waals surface area (Å²) in [7, 11) is 0. The van der Waals surface area contributed by atoms with E-state index in [1.165, 1.54) is 10.8 Å². The zero-order valence-corrected chi connectivity index (χ0v) is 12.2. The highest BCUT2D eigenvalue weighted by Gasteiger charge is 2.19. The third-order valence-electron chi connectivity index (χ3n) is 3.72. The Hall–Kier alpha value is -2.11. The normalized spacial score (nSPS) is 13.4. The lowest BCUT2D eigenvalue weighted by Crippen LogP contribution is -2.12. The molecular weight excluding hydrogens is 280 g/mol. The number of nitrogen functional groups attached to an aromatic ring is 1. The van der Waals surface area contributed by atoms with E-state index in [9.17, 15) is 0 Å². The van der Waals surface area contributed by atoms with E-state index >= 15 is 0 Å². The van der Waals surface area contributed by atoms with Gasteiger partial charge in [0.25, 0.3) is 0 Å². The smallest absolute Gasteiger partial charge is 0.161 e. The maximum Gasteiger partial charge on any atom is 0.161 e. The van der Waals surface area contributed by atoms with Gasteiger partial charge in [0.2, 0.25) is 0 Å². The fraction of sp³-hybridized carbons (Fsp3) is 0.125. The first-order valence-corrected chi connectivity index (χ1v) is 7.94. The molecule has 3 aromatic rings. The van der Waals surface area contributed by atoms with Crippen LogP contribution in [0.4, 0.5) is 5.82 Å². The molecule has 0 saturated heterocycles. The number of nitrogens with two attached hydrogens (primary N) is 1. The standard InChI is InChI=1S/C16H14N4S/c17-20-16-13-8-21-9-14(13)18-15(19-16)12-6-5-10-3-1-2-4-11(10)7-12/h1-7H,8-9,17H2,(H,18,19,20). The number of rotatable bonds is 2. The van der Waals surface area contributed by atoms with Crippen LogP contribution in [0.25, 0.3) is 22.2 Å². The molecule has 0 saturated carbocycles. The number of nitrogens with zero attached hydrogens (tertiary/aromatic N) is 2. The molecule has 0 amide bonds. The van der Waals surface area contributed by atoms with Gasteiger partial charge in [-0.15, -0.1) is 0 Å². The zero-order chi connectivity index (χ0) is 14.2. The number of anilines is 1. The summed E-state index contributed by atoms with van der Waals surface area (Å²) in [6.07, 6.45) is 0. The van der Waals surface area contributed by atoms with Crippen LogP contribution in [0.1, 0.15) is 11.3 Å². The van der Waals surface area contributed by atoms with Crippen LogP contribution in [0.15, 0.2) is 42.5 Å². The van der Waals surface area contributed by atoms with Crippen molar-refractivity contribution < 1.29 is 0 Å². The Labute approximate surface area is 126 Å². The molecule has 104 valence electrons. The van der Waals surface area contributed by atoms with Crippen LogP contribution in [0.3, 0.4) is 0 Å². The Balaban J connectivity index is 1.88. The molecule has 0 aliphatic carbocycles. The number of hydrogen-bond acceptors (Lipinski definition) is 5. The molecule has 3 N–H and O–H groups in total. The first-order chi connectivity index (χ1) is 10.3. The van der Waals surface area contributed by atoms with E-state index < -0.39 is 0 Å². The second-order valence-electron chi connectivity index (χ2n) is 5.02. The van der Waals surface area contributed by atoms with Gasteiger partial charge < -0.3 is 5.43 Å². The summed E-state index contributed by atoms with van der Waals surface area (Å²) in [5.74, 6) is 8.93. The molecule has 0 unspecified atom stereocenters. The van der Waals surface area contributed by atoms with Gasteiger partial charge in [0, 0.05) is 22.6 Å². The van der Waals surface area contributed by atoms with Crippen LogP contribution >= 0.6 is 11.8 Å². The molecule has 21 heavy (non-hydrogen) atoms. The number of hydrogen-bond donors (Lipinski definition) is 2. The Morgan fingerprint density at radius 1 is 1.00 bits per heavy atom. The van der Waals surface area contributed by atoms with Crippen LogP contribution in [-0.4, -0.2) is 9.97 Å². The fourth-order valence-corrected chi connectivity index (χ4v) is 3.67. The van der Waals surface area contributed by atoms with E-state index in [0.717, 1.165) is 40.0 Å². The van der Waals surface area contributed by atoms with Gasteiger partial charge in [-0.1, -0.05) is 36.4 Å². The second kappa shape index (κ2) is 5.02. The van der Waals surface area contributed by atoms with E-state index in [4.69, 9.17) is 10.8 Å². The summed E-state index contributed by atoms with van der Waals surface area (Å²) in [6.45, 7) is 0. The van der Waals surface area contributed by atoms with Crippen LogP contribution in [0.5, 0.6) is 0 Å². The van der Waals surface area contributed by atoms with Gasteiger partial charge in [-0.3, -0.25) is 0 Å². The van der Waals surface area contributed by atoms with Crippen molar-refractivity contribution in [2.75, 3.05) is 5.43 Å². The topological polar surface area (TPSA) is 63.8 Å². The molecular formula is C16H14N4S. The molecule has 0 fully saturated rings. The van der Waals surface area contributed by atoms with Crippen molar-refractivity contribution in [1.82, 2.24) is 9.97 Å². The van der Waals surface area contributed by atoms with E-state index in [1.54, 1.807) is 0 Å². The van der Waals surface area contributed by atoms with Crippen LogP contribution in [-0.2, 0) is 11.5 Å². The molecule has 1 aromatic heterocycles. The summed E-state index contributed by atoms with van der Waals surface area (Å²) in [4.78, 5) is 9.29. The average molecular weight is 294 g/mol. The minimum absolute atomic E-state index is 0.731. The monoisotopic (exact) mass is 294 g/mol. The average Bonchev–Trinajstić information content (AvgIpc) is 3.02. The Kier molecular flexibility index (Phi) is 3.02. The molecule has 1 aliphatic rings. The number of aromatic nitrogens is 2. The highest BCUT2D eigenvalue weighted by molar-refractivity contribution is 7.98. The number of fused-ring (bicyclic) bond motifs is 2. The van der Waals surface area contributed by atoms with Gasteiger partial charge in [0.05, 0.1) is 5.69 Å². The predicted molar refractivity (Wildman–Crippen MR) is 87.8 cm³/mol. The number of nitrogens with one attached hydrogen (secondary N) is 1. The van der Waals surface area contributed by atoms with Crippen LogP contribution in [0.2, 0.25) is 0 Å². The Morgan fingerprint density at radius 2 is 1.86 bits per heavy atom. The first-order valence-electron chi connectivity index (χ1n) is 6.78. The summed E-state index contributed by atoms with van der Waals surface area (Å²) >= 11 is 1.84. The largest absolute Gasteiger partial charge is 0.308 e. The summed E-state index contributed by atoms with van der Waals surface area (Å²) in [5, 5.41) is 2.41. The van der Waals surface area contributed by atoms with Crippen molar-refractivity contribution in [1.29, 1.82) is 0 Å². The first kappa shape index (κ1) is 12.6. The Morgan fingerprint density at radius 3 is 2.71 bits per heavy atom. The van der Waals surface area contributed by atoms with Gasteiger partial charge in [-0.25, -0.2) is 15.8 Å². The maximum absolute atomic E-state index is 5.61. The third-order valence-corrected chi connectivity index (χ3v) is 4.69. The number of thioether (sulfide) groups is 1. The van der Waals surface area contributed by atoms with Crippen molar-refractivity contribution >= 4 is 28.4 Å². The molecule has 0 atom stereocenters. The van der Waals surface area contributed by atoms with Gasteiger partial charge in [-0.2, -0.15) is 11.8 Å². The predicted octanol–water partition coefficient (Wildman–Crippen LogP) is 3.33. The molecule has 0 bridgehead atoms. The number of benzene rings is 2. The molecule has 4 rings (SSSR count). The third kappa shape index (κ3) is 2.14. The highest BCUT2D eigenvalue weighted by Crippen LogP contribution is 2.34. The highest BCUT2D eigenvalue weighted by atomic mass is 32.2. The van der Waals surface area contributed by atoms with E-state index in [-0.39, 0.29) is 0 Å². The molecule has 4 nitrogen and oxygen atoms in total. The molecule has 2 heterocycles. The quantitative estimate of drug-likeness (QED) is 0.560. The van der Waals surface area contributed by atoms with Gasteiger partial charge in [0.1, 0.15) is 5.82 Å². The lowest BCUT2D eigenvalue weighted by molar-refractivity contribution is 1.06. The van der Waals surface area contributed by atoms with E-state index in [2.05, 4.69) is 40.7 Å². The molecule has 0 spiro atoms. The Bertz CT molecular complexity index is 832. The van der Waals surface area contributed by atoms with Crippen LogP contribution < -0.4 is 11.3 Å². The van der Waals surface area contributed by atoms with Crippen LogP contribution in [0, 0.1) is 0 Å². The maximum atomic E-state index is 5.61. The lowest BCUT2D eigenvalue weighted by atomic mass is 10.1. The lowest BCUT2D eigenvalue weighted by Gasteiger charge is -2.09. The summed E-state index contributed by atoms with van der Waals surface area (Å²) < 4.78 is 0. The van der Waals surface area contributed by atoms with Gasteiger partial charge in [0.15, 0.2) is 5.82 Å². The molecule has 1 aliphatic heterocycles. The molecule has 2 aromatic carbocycles. The van der Waals surface area contributed by atoms with Crippen molar-refractivity contribution in [3.63, 3.8) is 0 Å². The van der Waals surface area contributed by atoms with Crippen molar-refractivity contribution in [3.8, 4) is 11.4 Å². The molecule has 5 heteroatoms. The van der Waals surface area contributed by atoms with Crippen molar-refractivity contribution in [2.45, 2.75) is 11.5 Å². The minimum atomic E-state index is 0.731. The minimum Gasteiger partial charge on any atom is -0.308 e. The SMILES string of the molecule is NNc1nc(-c2ccc3ccccc3c2)nc2c1CSC2. The fourth-order valence-electron chi connectivity index (χ4n) is 2.63. The zero-order valence-electron chi connectivity index (χ0n) is 11.3. The van der Waals surface area contributed by atoms with Crippen molar-refractivity contribution in [3.05, 3.63) is 53.7 Å². The summed E-state index contributed by atoms with van der Waals surface area (Å²) in [5.41, 5.74) is 5.95. The molecule has 0 radical (unpaired) electrons. The van der Waals surface area contributed by atoms with E-state index in [0.29, 0.717) is 0 Å². The van der Waals surface area contributed by atoms with Crippen molar-refractivity contribution in [2.24, 2.45) is 5.84 Å².